The van der Waals surface area contributed by atoms with Crippen LogP contribution in [0, 0.1) is 23.2 Å². The van der Waals surface area contributed by atoms with E-state index in [1.807, 2.05) is 24.3 Å². The van der Waals surface area contributed by atoms with Crippen molar-refractivity contribution in [3.05, 3.63) is 113 Å². The van der Waals surface area contributed by atoms with Gasteiger partial charge in [0.1, 0.15) is 0 Å². The maximum absolute atomic E-state index is 13.6. The van der Waals surface area contributed by atoms with Crippen LogP contribution in [0.15, 0.2) is 84.9 Å². The fourth-order valence-electron chi connectivity index (χ4n) is 5.43. The van der Waals surface area contributed by atoms with Gasteiger partial charge in [-0.25, -0.2) is 4.68 Å². The Morgan fingerprint density at radius 1 is 0.878 bits per heavy atom. The summed E-state index contributed by atoms with van der Waals surface area (Å²) in [5.41, 5.74) is 3.38. The first-order chi connectivity index (χ1) is 19.9. The van der Waals surface area contributed by atoms with Crippen molar-refractivity contribution in [3.8, 4) is 11.8 Å². The number of hydrogen-bond donors (Lipinski definition) is 1. The average molecular weight is 556 g/mol. The third kappa shape index (κ3) is 6.63. The Balaban J connectivity index is 1.29. The van der Waals surface area contributed by atoms with Crippen molar-refractivity contribution in [3.63, 3.8) is 0 Å². The van der Waals surface area contributed by atoms with Crippen LogP contribution in [0.3, 0.4) is 0 Å². The molecule has 0 aliphatic heterocycles. The van der Waals surface area contributed by atoms with E-state index >= 15 is 0 Å². The highest BCUT2D eigenvalue weighted by atomic mass is 19.4. The predicted molar refractivity (Wildman–Crippen MR) is 152 cm³/mol. The molecule has 3 aromatic carbocycles. The van der Waals surface area contributed by atoms with Crippen molar-refractivity contribution >= 4 is 5.69 Å². The minimum atomic E-state index is -4.58. The molecule has 1 aromatic heterocycles. The summed E-state index contributed by atoms with van der Waals surface area (Å²) in [7, 11) is 0. The maximum Gasteiger partial charge on any atom is 0.435 e. The van der Waals surface area contributed by atoms with E-state index in [1.54, 1.807) is 18.2 Å². The number of nitriles is 1. The number of alkyl halides is 3. The Hall–Kier alpha value is -4.09. The van der Waals surface area contributed by atoms with E-state index in [0.29, 0.717) is 16.9 Å². The Labute approximate surface area is 238 Å². The first-order valence-electron chi connectivity index (χ1n) is 14.2. The van der Waals surface area contributed by atoms with Gasteiger partial charge >= 0.3 is 6.18 Å². The molecule has 0 spiro atoms. The SMILES string of the molecule is N#Cc1cccc(-n2nc(C(F)(F)F)cc2CNc2cccc(C(c3ccccc3)N(CC3CC3)CC3CC3)c2)c1. The molecule has 0 bridgehead atoms. The number of halogens is 3. The van der Waals surface area contributed by atoms with Gasteiger partial charge in [0.05, 0.1) is 35.6 Å². The fraction of sp³-hybridized carbons (Fsp3) is 0.333. The lowest BCUT2D eigenvalue weighted by Crippen LogP contribution is -2.33. The summed E-state index contributed by atoms with van der Waals surface area (Å²) in [6, 6.07) is 28.4. The van der Waals surface area contributed by atoms with Crippen LogP contribution in [-0.2, 0) is 12.7 Å². The molecule has 1 N–H and O–H groups in total. The number of benzene rings is 3. The Bertz CT molecular complexity index is 1520. The van der Waals surface area contributed by atoms with Crippen LogP contribution in [-0.4, -0.2) is 27.8 Å². The molecule has 8 heteroatoms. The molecule has 41 heavy (non-hydrogen) atoms. The zero-order valence-corrected chi connectivity index (χ0v) is 22.7. The molecule has 0 amide bonds. The summed E-state index contributed by atoms with van der Waals surface area (Å²) in [6.07, 6.45) is 0.566. The number of anilines is 1. The molecule has 4 aromatic rings. The van der Waals surface area contributed by atoms with Gasteiger partial charge in [0.15, 0.2) is 5.69 Å². The first-order valence-corrected chi connectivity index (χ1v) is 14.2. The maximum atomic E-state index is 13.6. The first kappa shape index (κ1) is 27.1. The van der Waals surface area contributed by atoms with Gasteiger partial charge in [-0.3, -0.25) is 4.90 Å². The van der Waals surface area contributed by atoms with Gasteiger partial charge in [-0.1, -0.05) is 48.5 Å². The van der Waals surface area contributed by atoms with Crippen molar-refractivity contribution in [2.75, 3.05) is 18.4 Å². The van der Waals surface area contributed by atoms with Crippen LogP contribution in [0.25, 0.3) is 5.69 Å². The minimum absolute atomic E-state index is 0.107. The molecule has 1 heterocycles. The van der Waals surface area contributed by atoms with Crippen molar-refractivity contribution in [1.29, 1.82) is 5.26 Å². The number of rotatable bonds is 11. The van der Waals surface area contributed by atoms with Gasteiger partial charge in [0.2, 0.25) is 0 Å². The van der Waals surface area contributed by atoms with Crippen LogP contribution in [0.1, 0.15) is 59.8 Å². The van der Waals surface area contributed by atoms with Crippen LogP contribution < -0.4 is 5.32 Å². The highest BCUT2D eigenvalue weighted by molar-refractivity contribution is 5.49. The summed E-state index contributed by atoms with van der Waals surface area (Å²) >= 11 is 0. The highest BCUT2D eigenvalue weighted by Gasteiger charge is 2.36. The number of nitrogens with zero attached hydrogens (tertiary/aromatic N) is 4. The molecule has 2 aliphatic rings. The lowest BCUT2D eigenvalue weighted by molar-refractivity contribution is -0.141. The molecule has 210 valence electrons. The predicted octanol–water partition coefficient (Wildman–Crippen LogP) is 7.59. The van der Waals surface area contributed by atoms with Crippen molar-refractivity contribution < 1.29 is 13.2 Å². The highest BCUT2D eigenvalue weighted by Crippen LogP contribution is 2.40. The molecule has 2 aliphatic carbocycles. The summed E-state index contributed by atoms with van der Waals surface area (Å²) in [4.78, 5) is 2.64. The zero-order valence-electron chi connectivity index (χ0n) is 22.7. The molecule has 1 atom stereocenters. The number of nitrogens with one attached hydrogen (secondary N) is 1. The van der Waals surface area contributed by atoms with Crippen molar-refractivity contribution in [2.24, 2.45) is 11.8 Å². The molecule has 1 unspecified atom stereocenters. The van der Waals surface area contributed by atoms with Gasteiger partial charge in [0, 0.05) is 18.8 Å². The second-order valence-electron chi connectivity index (χ2n) is 11.2. The van der Waals surface area contributed by atoms with E-state index in [1.165, 1.54) is 42.0 Å². The molecule has 2 fully saturated rings. The summed E-state index contributed by atoms with van der Waals surface area (Å²) in [5, 5.41) is 16.5. The molecule has 2 saturated carbocycles. The number of hydrogen-bond acceptors (Lipinski definition) is 4. The Kier molecular flexibility index (Phi) is 7.55. The molecule has 0 saturated heterocycles. The van der Waals surface area contributed by atoms with E-state index in [9.17, 15) is 18.4 Å². The third-order valence-corrected chi connectivity index (χ3v) is 7.83. The molecule has 5 nitrogen and oxygen atoms in total. The Morgan fingerprint density at radius 2 is 1.56 bits per heavy atom. The minimum Gasteiger partial charge on any atom is -0.379 e. The molecular weight excluding hydrogens is 523 g/mol. The normalized spacial score (nSPS) is 16.0. The zero-order chi connectivity index (χ0) is 28.4. The standard InChI is InChI=1S/C33H32F3N5/c34-33(35,36)31-18-30(41(39-31)29-11-4-6-25(16-29)19-37)20-38-28-10-5-9-27(17-28)32(26-7-2-1-3-8-26)40(21-23-12-13-23)22-24-14-15-24/h1-11,16-18,23-24,32,38H,12-15,20-22H2. The molecule has 0 radical (unpaired) electrons. The van der Waals surface area contributed by atoms with Gasteiger partial charge in [-0.15, -0.1) is 0 Å². The van der Waals surface area contributed by atoms with Crippen LogP contribution in [0.2, 0.25) is 0 Å². The van der Waals surface area contributed by atoms with E-state index in [4.69, 9.17) is 0 Å². The van der Waals surface area contributed by atoms with E-state index < -0.39 is 11.9 Å². The smallest absolute Gasteiger partial charge is 0.379 e. The molecular formula is C33H32F3N5. The number of aromatic nitrogens is 2. The summed E-state index contributed by atoms with van der Waals surface area (Å²) < 4.78 is 42.1. The van der Waals surface area contributed by atoms with Crippen molar-refractivity contribution in [2.45, 2.75) is 44.4 Å². The van der Waals surface area contributed by atoms with Gasteiger partial charge in [0.25, 0.3) is 0 Å². The lowest BCUT2D eigenvalue weighted by Gasteiger charge is -2.33. The largest absolute Gasteiger partial charge is 0.435 e. The van der Waals surface area contributed by atoms with Gasteiger partial charge in [-0.2, -0.15) is 23.5 Å². The Morgan fingerprint density at radius 3 is 2.22 bits per heavy atom. The van der Waals surface area contributed by atoms with Crippen LogP contribution >= 0.6 is 0 Å². The van der Waals surface area contributed by atoms with E-state index in [2.05, 4.69) is 51.7 Å². The van der Waals surface area contributed by atoms with Gasteiger partial charge < -0.3 is 5.32 Å². The van der Waals surface area contributed by atoms with E-state index in [0.717, 1.165) is 42.2 Å². The van der Waals surface area contributed by atoms with Crippen molar-refractivity contribution in [1.82, 2.24) is 14.7 Å². The van der Waals surface area contributed by atoms with E-state index in [-0.39, 0.29) is 12.6 Å². The molecule has 6 rings (SSSR count). The summed E-state index contributed by atoms with van der Waals surface area (Å²) in [6.45, 7) is 2.29. The topological polar surface area (TPSA) is 56.9 Å². The quantitative estimate of drug-likeness (QED) is 0.207. The average Bonchev–Trinajstić information content (AvgIpc) is 3.92. The lowest BCUT2D eigenvalue weighted by atomic mass is 9.95. The fourth-order valence-corrected chi connectivity index (χ4v) is 5.43. The van der Waals surface area contributed by atoms with Crippen LogP contribution in [0.5, 0.6) is 0 Å². The monoisotopic (exact) mass is 555 g/mol. The summed E-state index contributed by atoms with van der Waals surface area (Å²) in [5.74, 6) is 1.51. The van der Waals surface area contributed by atoms with Crippen LogP contribution in [0.4, 0.5) is 18.9 Å². The third-order valence-electron chi connectivity index (χ3n) is 7.83. The second-order valence-corrected chi connectivity index (χ2v) is 11.2. The van der Waals surface area contributed by atoms with Gasteiger partial charge in [-0.05, 0) is 85.0 Å². The second kappa shape index (κ2) is 11.4.